The van der Waals surface area contributed by atoms with Crippen LogP contribution < -0.4 is 9.62 Å². The Bertz CT molecular complexity index is 828. The molecule has 8 heteroatoms. The fraction of sp³-hybridized carbons (Fsp3) is 0.294. The molecule has 1 amide bonds. The Morgan fingerprint density at radius 3 is 2.56 bits per heavy atom. The van der Waals surface area contributed by atoms with E-state index in [1.165, 1.54) is 18.2 Å². The average molecular weight is 365 g/mol. The second-order valence-corrected chi connectivity index (χ2v) is 7.37. The van der Waals surface area contributed by atoms with Gasteiger partial charge in [0.2, 0.25) is 15.9 Å². The van der Waals surface area contributed by atoms with E-state index in [0.29, 0.717) is 0 Å². The zero-order valence-electron chi connectivity index (χ0n) is 14.0. The molecule has 1 aromatic carbocycles. The molecule has 2 rings (SSSR count). The molecule has 2 aromatic rings. The summed E-state index contributed by atoms with van der Waals surface area (Å²) in [6.45, 7) is 1.88. The van der Waals surface area contributed by atoms with E-state index in [-0.39, 0.29) is 18.7 Å². The summed E-state index contributed by atoms with van der Waals surface area (Å²) >= 11 is 0. The number of anilines is 1. The second-order valence-electron chi connectivity index (χ2n) is 5.51. The van der Waals surface area contributed by atoms with Crippen LogP contribution in [0.15, 0.2) is 48.8 Å². The van der Waals surface area contributed by atoms with Gasteiger partial charge in [-0.15, -0.1) is 0 Å². The van der Waals surface area contributed by atoms with Crippen LogP contribution >= 0.6 is 0 Å². The third-order valence-electron chi connectivity index (χ3n) is 3.61. The molecule has 25 heavy (non-hydrogen) atoms. The van der Waals surface area contributed by atoms with Crippen molar-refractivity contribution in [1.29, 1.82) is 0 Å². The number of hydrogen-bond acceptors (Lipinski definition) is 4. The summed E-state index contributed by atoms with van der Waals surface area (Å²) in [7, 11) is -3.86. The van der Waals surface area contributed by atoms with Crippen molar-refractivity contribution in [3.8, 4) is 0 Å². The fourth-order valence-corrected chi connectivity index (χ4v) is 3.69. The number of halogens is 1. The van der Waals surface area contributed by atoms with E-state index in [9.17, 15) is 17.6 Å². The van der Waals surface area contributed by atoms with E-state index in [0.717, 1.165) is 22.2 Å². The minimum Gasteiger partial charge on any atom is -0.350 e. The lowest BCUT2D eigenvalue weighted by Gasteiger charge is -2.30. The minimum atomic E-state index is -3.86. The number of amides is 1. The first-order valence-corrected chi connectivity index (χ1v) is 9.60. The molecule has 1 N–H and O–H groups in total. The van der Waals surface area contributed by atoms with Gasteiger partial charge in [0.1, 0.15) is 11.9 Å². The number of aromatic nitrogens is 1. The maximum Gasteiger partial charge on any atom is 0.244 e. The summed E-state index contributed by atoms with van der Waals surface area (Å²) in [5.74, 6) is -1.20. The standard InChI is InChI=1S/C17H20FN3O3S/c1-3-15(17(22)20-12-13-7-6-10-19-11-13)21(25(2,23)24)16-9-5-4-8-14(16)18/h4-11,15H,3,12H2,1-2H3,(H,20,22). The van der Waals surface area contributed by atoms with Crippen LogP contribution in [0.5, 0.6) is 0 Å². The Labute approximate surface area is 146 Å². The molecule has 0 radical (unpaired) electrons. The first-order valence-electron chi connectivity index (χ1n) is 7.75. The summed E-state index contributed by atoms with van der Waals surface area (Å²) in [4.78, 5) is 16.5. The molecule has 0 saturated carbocycles. The fourth-order valence-electron chi connectivity index (χ4n) is 2.48. The summed E-state index contributed by atoms with van der Waals surface area (Å²) in [6, 6.07) is 7.96. The SMILES string of the molecule is CCC(C(=O)NCc1cccnc1)N(c1ccccc1F)S(C)(=O)=O. The highest BCUT2D eigenvalue weighted by Crippen LogP contribution is 2.25. The highest BCUT2D eigenvalue weighted by molar-refractivity contribution is 7.92. The van der Waals surface area contributed by atoms with E-state index < -0.39 is 27.8 Å². The predicted octanol–water partition coefficient (Wildman–Crippen LogP) is 2.08. The normalized spacial score (nSPS) is 12.4. The van der Waals surface area contributed by atoms with E-state index in [1.54, 1.807) is 31.5 Å². The summed E-state index contributed by atoms with van der Waals surface area (Å²) in [6.07, 6.45) is 4.37. The van der Waals surface area contributed by atoms with Crippen LogP contribution in [0.3, 0.4) is 0 Å². The number of para-hydroxylation sites is 1. The molecule has 1 aromatic heterocycles. The van der Waals surface area contributed by atoms with E-state index in [1.807, 2.05) is 0 Å². The van der Waals surface area contributed by atoms with Gasteiger partial charge >= 0.3 is 0 Å². The highest BCUT2D eigenvalue weighted by Gasteiger charge is 2.32. The van der Waals surface area contributed by atoms with Gasteiger partial charge in [-0.25, -0.2) is 12.8 Å². The van der Waals surface area contributed by atoms with E-state index >= 15 is 0 Å². The number of carbonyl (C=O) groups is 1. The van der Waals surface area contributed by atoms with Crippen molar-refractivity contribution < 1.29 is 17.6 Å². The number of pyridine rings is 1. The Kier molecular flexibility index (Phi) is 6.08. The van der Waals surface area contributed by atoms with Crippen molar-refractivity contribution in [3.05, 3.63) is 60.2 Å². The largest absolute Gasteiger partial charge is 0.350 e. The lowest BCUT2D eigenvalue weighted by Crippen LogP contribution is -2.49. The van der Waals surface area contributed by atoms with Crippen LogP contribution in [-0.4, -0.2) is 31.6 Å². The van der Waals surface area contributed by atoms with E-state index in [4.69, 9.17) is 0 Å². The molecule has 1 heterocycles. The van der Waals surface area contributed by atoms with Crippen LogP contribution in [0, 0.1) is 5.82 Å². The number of nitrogens with one attached hydrogen (secondary N) is 1. The second kappa shape index (κ2) is 8.06. The predicted molar refractivity (Wildman–Crippen MR) is 93.9 cm³/mol. The van der Waals surface area contributed by atoms with Gasteiger partial charge in [0, 0.05) is 18.9 Å². The van der Waals surface area contributed by atoms with Crippen LogP contribution in [0.2, 0.25) is 0 Å². The van der Waals surface area contributed by atoms with Crippen molar-refractivity contribution in [1.82, 2.24) is 10.3 Å². The average Bonchev–Trinajstić information content (AvgIpc) is 2.58. The van der Waals surface area contributed by atoms with Gasteiger partial charge in [0.25, 0.3) is 0 Å². The topological polar surface area (TPSA) is 79.4 Å². The third-order valence-corrected chi connectivity index (χ3v) is 4.77. The smallest absolute Gasteiger partial charge is 0.244 e. The van der Waals surface area contributed by atoms with Gasteiger partial charge in [-0.05, 0) is 30.2 Å². The Hall–Kier alpha value is -2.48. The molecule has 0 aliphatic heterocycles. The number of rotatable bonds is 7. The lowest BCUT2D eigenvalue weighted by molar-refractivity contribution is -0.122. The van der Waals surface area contributed by atoms with Gasteiger partial charge in [0.15, 0.2) is 0 Å². The number of carbonyl (C=O) groups excluding carboxylic acids is 1. The molecule has 0 saturated heterocycles. The molecule has 1 atom stereocenters. The molecule has 0 bridgehead atoms. The van der Waals surface area contributed by atoms with Crippen LogP contribution in [0.1, 0.15) is 18.9 Å². The van der Waals surface area contributed by atoms with Gasteiger partial charge in [-0.2, -0.15) is 0 Å². The Balaban J connectivity index is 2.27. The maximum absolute atomic E-state index is 14.1. The van der Waals surface area contributed by atoms with Gasteiger partial charge < -0.3 is 5.32 Å². The third kappa shape index (κ3) is 4.76. The first-order chi connectivity index (χ1) is 11.8. The van der Waals surface area contributed by atoms with Crippen molar-refractivity contribution in [3.63, 3.8) is 0 Å². The van der Waals surface area contributed by atoms with E-state index in [2.05, 4.69) is 10.3 Å². The zero-order valence-corrected chi connectivity index (χ0v) is 14.8. The summed E-state index contributed by atoms with van der Waals surface area (Å²) < 4.78 is 39.4. The van der Waals surface area contributed by atoms with Crippen molar-refractivity contribution in [2.24, 2.45) is 0 Å². The van der Waals surface area contributed by atoms with Crippen molar-refractivity contribution in [2.75, 3.05) is 10.6 Å². The monoisotopic (exact) mass is 365 g/mol. The van der Waals surface area contributed by atoms with Gasteiger partial charge in [-0.1, -0.05) is 25.1 Å². The van der Waals surface area contributed by atoms with Gasteiger partial charge in [0.05, 0.1) is 11.9 Å². The van der Waals surface area contributed by atoms with Crippen molar-refractivity contribution >= 4 is 21.6 Å². The van der Waals surface area contributed by atoms with Crippen LogP contribution in [0.4, 0.5) is 10.1 Å². The van der Waals surface area contributed by atoms with Crippen LogP contribution in [0.25, 0.3) is 0 Å². The Morgan fingerprint density at radius 2 is 2.00 bits per heavy atom. The maximum atomic E-state index is 14.1. The molecule has 0 spiro atoms. The molecule has 0 fully saturated rings. The number of hydrogen-bond donors (Lipinski definition) is 1. The summed E-state index contributed by atoms with van der Waals surface area (Å²) in [5.41, 5.74) is 0.635. The quantitative estimate of drug-likeness (QED) is 0.815. The van der Waals surface area contributed by atoms with Crippen molar-refractivity contribution in [2.45, 2.75) is 25.9 Å². The molecule has 0 aliphatic carbocycles. The lowest BCUT2D eigenvalue weighted by atomic mass is 10.1. The number of benzene rings is 1. The molecule has 6 nitrogen and oxygen atoms in total. The first kappa shape index (κ1) is 18.9. The number of nitrogens with zero attached hydrogens (tertiary/aromatic N) is 2. The number of sulfonamides is 1. The highest BCUT2D eigenvalue weighted by atomic mass is 32.2. The molecule has 1 unspecified atom stereocenters. The zero-order chi connectivity index (χ0) is 18.4. The minimum absolute atomic E-state index is 0.145. The molecule has 0 aliphatic rings. The molecular weight excluding hydrogens is 345 g/mol. The Morgan fingerprint density at radius 1 is 1.28 bits per heavy atom. The van der Waals surface area contributed by atoms with Gasteiger partial charge in [-0.3, -0.25) is 14.1 Å². The summed E-state index contributed by atoms with van der Waals surface area (Å²) in [5, 5.41) is 2.68. The molecule has 134 valence electrons. The van der Waals surface area contributed by atoms with Crippen LogP contribution in [-0.2, 0) is 21.4 Å². The molecular formula is C17H20FN3O3S.